The van der Waals surface area contributed by atoms with E-state index in [9.17, 15) is 4.79 Å². The summed E-state index contributed by atoms with van der Waals surface area (Å²) in [5.74, 6) is 0.786. The number of ether oxygens (including phenoxy) is 1. The van der Waals surface area contributed by atoms with Gasteiger partial charge in [-0.15, -0.1) is 0 Å². The van der Waals surface area contributed by atoms with Crippen LogP contribution in [0.25, 0.3) is 0 Å². The molecule has 0 aromatic rings. The van der Waals surface area contributed by atoms with Gasteiger partial charge in [-0.1, -0.05) is 6.08 Å². The second-order valence-corrected chi connectivity index (χ2v) is 3.73. The maximum atomic E-state index is 11.2. The van der Waals surface area contributed by atoms with Gasteiger partial charge in [0.1, 0.15) is 0 Å². The minimum atomic E-state index is -0.247. The third kappa shape index (κ3) is 8.49. The largest absolute Gasteiger partial charge is 2.00 e. The molecule has 0 saturated heterocycles. The molecular weight excluding hydrogens is 280 g/mol. The van der Waals surface area contributed by atoms with Crippen molar-refractivity contribution in [2.24, 2.45) is 0 Å². The van der Waals surface area contributed by atoms with Crippen LogP contribution in [0.1, 0.15) is 13.8 Å². The molecule has 0 atom stereocenters. The van der Waals surface area contributed by atoms with Crippen molar-refractivity contribution >= 4 is 5.97 Å². The summed E-state index contributed by atoms with van der Waals surface area (Å²) in [6, 6.07) is 0. The average Bonchev–Trinajstić information content (AvgIpc) is 3.05. The fraction of sp³-hybridized carbons (Fsp3) is 0.188. The van der Waals surface area contributed by atoms with Crippen LogP contribution < -0.4 is 0 Å². The zero-order valence-corrected chi connectivity index (χ0v) is 12.3. The summed E-state index contributed by atoms with van der Waals surface area (Å²) in [5, 5.41) is 0. The van der Waals surface area contributed by atoms with Crippen LogP contribution in [0.15, 0.2) is 11.6 Å². The first-order chi connectivity index (χ1) is 8.74. The quantitative estimate of drug-likeness (QED) is 0.455. The van der Waals surface area contributed by atoms with E-state index in [1.807, 2.05) is 63.9 Å². The van der Waals surface area contributed by atoms with Crippen molar-refractivity contribution in [2.45, 2.75) is 13.8 Å². The Bertz CT molecular complexity index is 256. The molecule has 0 spiro atoms. The maximum absolute atomic E-state index is 11.2. The molecule has 2 aliphatic carbocycles. The number of rotatable bonds is 3. The van der Waals surface area contributed by atoms with E-state index in [4.69, 9.17) is 4.74 Å². The van der Waals surface area contributed by atoms with Gasteiger partial charge in [0.25, 0.3) is 0 Å². The number of carbonyl (C=O) groups is 1. The number of carbonyl (C=O) groups excluding carboxylic acids is 1. The number of allylic oxidation sites excluding steroid dienone is 1. The topological polar surface area (TPSA) is 26.3 Å². The van der Waals surface area contributed by atoms with E-state index in [1.165, 1.54) is 0 Å². The monoisotopic (exact) mass is 298 g/mol. The fourth-order valence-electron chi connectivity index (χ4n) is 1.36. The molecular formula is C16H18FeO2+2. The van der Waals surface area contributed by atoms with E-state index in [2.05, 4.69) is 0 Å². The summed E-state index contributed by atoms with van der Waals surface area (Å²) in [6.07, 6.45) is 19.6. The molecule has 0 amide bonds. The summed E-state index contributed by atoms with van der Waals surface area (Å²) in [7, 11) is 0. The Morgan fingerprint density at radius 3 is 1.95 bits per heavy atom. The molecule has 0 N–H and O–H groups in total. The molecule has 0 aromatic heterocycles. The summed E-state index contributed by atoms with van der Waals surface area (Å²) < 4.78 is 4.85. The Labute approximate surface area is 128 Å². The van der Waals surface area contributed by atoms with Crippen LogP contribution in [0.4, 0.5) is 0 Å². The fourth-order valence-corrected chi connectivity index (χ4v) is 1.36. The first kappa shape index (κ1) is 18.7. The summed E-state index contributed by atoms with van der Waals surface area (Å²) in [5.41, 5.74) is 0.632. The number of esters is 1. The molecule has 10 radical (unpaired) electrons. The molecule has 0 bridgehead atoms. The molecule has 0 aliphatic heterocycles. The molecule has 2 saturated carbocycles. The first-order valence-electron chi connectivity index (χ1n) is 5.98. The van der Waals surface area contributed by atoms with Gasteiger partial charge < -0.3 is 4.74 Å². The van der Waals surface area contributed by atoms with E-state index >= 15 is 0 Å². The van der Waals surface area contributed by atoms with Crippen molar-refractivity contribution in [3.63, 3.8) is 0 Å². The third-order valence-corrected chi connectivity index (χ3v) is 2.22. The minimum Gasteiger partial charge on any atom is -0.463 e. The van der Waals surface area contributed by atoms with Gasteiger partial charge in [-0.05, 0) is 71.6 Å². The third-order valence-electron chi connectivity index (χ3n) is 2.22. The first-order valence-corrected chi connectivity index (χ1v) is 5.98. The molecule has 2 aliphatic rings. The second-order valence-electron chi connectivity index (χ2n) is 3.73. The summed E-state index contributed by atoms with van der Waals surface area (Å²) in [6.45, 7) is 3.98. The predicted molar refractivity (Wildman–Crippen MR) is 72.3 cm³/mol. The Morgan fingerprint density at radius 2 is 1.53 bits per heavy atom. The van der Waals surface area contributed by atoms with Gasteiger partial charge in [-0.2, -0.15) is 0 Å². The zero-order valence-electron chi connectivity index (χ0n) is 11.2. The normalized spacial score (nSPS) is 19.4. The molecule has 19 heavy (non-hydrogen) atoms. The summed E-state index contributed by atoms with van der Waals surface area (Å²) in [4.78, 5) is 11.2. The van der Waals surface area contributed by atoms with E-state index < -0.39 is 0 Å². The van der Waals surface area contributed by atoms with Gasteiger partial charge in [-0.25, -0.2) is 4.79 Å². The van der Waals surface area contributed by atoms with Crippen LogP contribution in [0, 0.1) is 63.7 Å². The molecule has 2 fully saturated rings. The van der Waals surface area contributed by atoms with E-state index in [1.54, 1.807) is 13.8 Å². The van der Waals surface area contributed by atoms with E-state index in [0.29, 0.717) is 12.2 Å². The molecule has 2 rings (SSSR count). The van der Waals surface area contributed by atoms with Crippen molar-refractivity contribution in [3.05, 3.63) is 75.4 Å². The van der Waals surface area contributed by atoms with Gasteiger partial charge in [0.2, 0.25) is 0 Å². The zero-order chi connectivity index (χ0) is 13.2. The van der Waals surface area contributed by atoms with Gasteiger partial charge >= 0.3 is 23.0 Å². The van der Waals surface area contributed by atoms with Crippen LogP contribution in [0.3, 0.4) is 0 Å². The SMILES string of the molecule is CCOC(=O)/C(C)=C/[C]1[CH][CH][CH][CH]1.[CH]1[CH][CH][CH][CH]1.[Fe+2]. The second kappa shape index (κ2) is 11.5. The summed E-state index contributed by atoms with van der Waals surface area (Å²) >= 11 is 0. The average molecular weight is 298 g/mol. The smallest absolute Gasteiger partial charge is 0.463 e. The molecule has 0 unspecified atom stereocenters. The van der Waals surface area contributed by atoms with Gasteiger partial charge in [0.15, 0.2) is 0 Å². The van der Waals surface area contributed by atoms with E-state index in [-0.39, 0.29) is 23.0 Å². The van der Waals surface area contributed by atoms with Crippen molar-refractivity contribution in [2.75, 3.05) is 6.61 Å². The van der Waals surface area contributed by atoms with Crippen LogP contribution in [0.2, 0.25) is 0 Å². The Kier molecular flexibility index (Phi) is 11.4. The van der Waals surface area contributed by atoms with Gasteiger partial charge in [0.05, 0.1) is 6.61 Å². The van der Waals surface area contributed by atoms with E-state index in [0.717, 1.165) is 5.92 Å². The van der Waals surface area contributed by atoms with Crippen molar-refractivity contribution in [1.82, 2.24) is 0 Å². The van der Waals surface area contributed by atoms with Crippen LogP contribution in [-0.4, -0.2) is 12.6 Å². The minimum absolute atomic E-state index is 0. The Balaban J connectivity index is 0.000000454. The van der Waals surface area contributed by atoms with Crippen LogP contribution in [-0.2, 0) is 26.6 Å². The van der Waals surface area contributed by atoms with Crippen molar-refractivity contribution < 1.29 is 26.6 Å². The Hall–Kier alpha value is -0.271. The van der Waals surface area contributed by atoms with Crippen molar-refractivity contribution in [3.8, 4) is 0 Å². The number of hydrogen-bond acceptors (Lipinski definition) is 2. The van der Waals surface area contributed by atoms with Crippen molar-refractivity contribution in [1.29, 1.82) is 0 Å². The van der Waals surface area contributed by atoms with Crippen LogP contribution >= 0.6 is 0 Å². The van der Waals surface area contributed by atoms with Gasteiger partial charge in [0, 0.05) is 11.5 Å². The maximum Gasteiger partial charge on any atom is 2.00 e. The van der Waals surface area contributed by atoms with Gasteiger partial charge in [-0.3, -0.25) is 0 Å². The Morgan fingerprint density at radius 1 is 1.05 bits per heavy atom. The standard InChI is InChI=1S/C11H13O2.C5H5.Fe/c1-3-13-11(12)9(2)8-10-6-4-5-7-10;1-2-4-5-3-1;/h4-8H,3H2,1-2H3;1-5H;/q;;+2/b9-8+;;. The molecule has 2 nitrogen and oxygen atoms in total. The molecule has 0 aromatic carbocycles. The van der Waals surface area contributed by atoms with Crippen LogP contribution in [0.5, 0.6) is 0 Å². The molecule has 3 heteroatoms. The molecule has 0 heterocycles. The number of hydrogen-bond donors (Lipinski definition) is 0. The predicted octanol–water partition coefficient (Wildman–Crippen LogP) is 2.92. The molecule has 100 valence electrons.